The van der Waals surface area contributed by atoms with Gasteiger partial charge in [0, 0.05) is 40.0 Å². The lowest BCUT2D eigenvalue weighted by Gasteiger charge is -2.11. The van der Waals surface area contributed by atoms with Gasteiger partial charge in [-0.3, -0.25) is 4.98 Å². The third-order valence-corrected chi connectivity index (χ3v) is 6.68. The second-order valence-electron chi connectivity index (χ2n) is 8.82. The summed E-state index contributed by atoms with van der Waals surface area (Å²) in [7, 11) is 0. The zero-order valence-corrected chi connectivity index (χ0v) is 19.5. The molecular weight excluding hydrogens is 440 g/mol. The molecule has 0 atom stereocenters. The SMILES string of the molecule is c1ccc(-c2cc(-c3ccccc3)n(-c3ccc(-n4c5ccccc5c5cnccc54)cc3)n2)cc1. The van der Waals surface area contributed by atoms with Crippen LogP contribution in [0.3, 0.4) is 0 Å². The molecule has 0 N–H and O–H groups in total. The molecule has 0 spiro atoms. The van der Waals surface area contributed by atoms with E-state index in [4.69, 9.17) is 5.10 Å². The number of pyridine rings is 1. The monoisotopic (exact) mass is 462 g/mol. The van der Waals surface area contributed by atoms with E-state index < -0.39 is 0 Å². The van der Waals surface area contributed by atoms with Crippen LogP contribution < -0.4 is 0 Å². The third-order valence-electron chi connectivity index (χ3n) is 6.68. The van der Waals surface area contributed by atoms with Gasteiger partial charge in [0.05, 0.1) is 28.1 Å². The first-order valence-corrected chi connectivity index (χ1v) is 12.0. The molecule has 4 heteroatoms. The molecule has 0 aliphatic carbocycles. The van der Waals surface area contributed by atoms with Gasteiger partial charge < -0.3 is 4.57 Å². The van der Waals surface area contributed by atoms with Crippen molar-refractivity contribution >= 4 is 21.8 Å². The molecule has 0 bridgehead atoms. The Labute approximate surface area is 208 Å². The maximum atomic E-state index is 5.02. The average Bonchev–Trinajstić information content (AvgIpc) is 3.55. The highest BCUT2D eigenvalue weighted by Gasteiger charge is 2.15. The van der Waals surface area contributed by atoms with Gasteiger partial charge in [0.1, 0.15) is 0 Å². The van der Waals surface area contributed by atoms with Crippen LogP contribution in [0.1, 0.15) is 0 Å². The Bertz CT molecular complexity index is 1760. The highest BCUT2D eigenvalue weighted by molar-refractivity contribution is 6.08. The molecule has 36 heavy (non-hydrogen) atoms. The van der Waals surface area contributed by atoms with Crippen LogP contribution in [0.5, 0.6) is 0 Å². The Balaban J connectivity index is 1.38. The number of aromatic nitrogens is 4. The summed E-state index contributed by atoms with van der Waals surface area (Å²) in [6, 6.07) is 42.1. The van der Waals surface area contributed by atoms with Crippen LogP contribution in [0.25, 0.3) is 55.7 Å². The molecule has 7 aromatic rings. The molecule has 0 radical (unpaired) electrons. The largest absolute Gasteiger partial charge is 0.309 e. The maximum absolute atomic E-state index is 5.02. The minimum atomic E-state index is 0.952. The molecule has 0 fully saturated rings. The van der Waals surface area contributed by atoms with Crippen LogP contribution in [0, 0.1) is 0 Å². The van der Waals surface area contributed by atoms with Gasteiger partial charge in [0.25, 0.3) is 0 Å². The molecule has 0 unspecified atom stereocenters. The fraction of sp³-hybridized carbons (Fsp3) is 0. The van der Waals surface area contributed by atoms with E-state index in [9.17, 15) is 0 Å². The summed E-state index contributed by atoms with van der Waals surface area (Å²) in [6.07, 6.45) is 3.80. The summed E-state index contributed by atoms with van der Waals surface area (Å²) in [4.78, 5) is 4.36. The van der Waals surface area contributed by atoms with Crippen molar-refractivity contribution in [1.82, 2.24) is 19.3 Å². The second kappa shape index (κ2) is 8.36. The predicted molar refractivity (Wildman–Crippen MR) is 147 cm³/mol. The Kier molecular flexibility index (Phi) is 4.74. The molecule has 3 heterocycles. The molecule has 7 rings (SSSR count). The van der Waals surface area contributed by atoms with Gasteiger partial charge in [-0.25, -0.2) is 4.68 Å². The number of hydrogen-bond acceptors (Lipinski definition) is 2. The number of rotatable bonds is 4. The van der Waals surface area contributed by atoms with Crippen molar-refractivity contribution in [3.8, 4) is 33.9 Å². The summed E-state index contributed by atoms with van der Waals surface area (Å²) >= 11 is 0. The van der Waals surface area contributed by atoms with Crippen molar-refractivity contribution in [3.63, 3.8) is 0 Å². The summed E-state index contributed by atoms with van der Waals surface area (Å²) in [6.45, 7) is 0. The van der Waals surface area contributed by atoms with E-state index in [0.29, 0.717) is 0 Å². The lowest BCUT2D eigenvalue weighted by atomic mass is 10.1. The Morgan fingerprint density at radius 3 is 1.94 bits per heavy atom. The molecule has 0 amide bonds. The minimum Gasteiger partial charge on any atom is -0.309 e. The topological polar surface area (TPSA) is 35.6 Å². The van der Waals surface area contributed by atoms with Gasteiger partial charge in [-0.15, -0.1) is 0 Å². The van der Waals surface area contributed by atoms with Crippen LogP contribution in [-0.2, 0) is 0 Å². The first kappa shape index (κ1) is 20.4. The number of nitrogens with zero attached hydrogens (tertiary/aromatic N) is 4. The number of hydrogen-bond donors (Lipinski definition) is 0. The fourth-order valence-electron chi connectivity index (χ4n) is 4.98. The van der Waals surface area contributed by atoms with Crippen molar-refractivity contribution in [1.29, 1.82) is 0 Å². The molecule has 4 aromatic carbocycles. The van der Waals surface area contributed by atoms with Crippen molar-refractivity contribution in [2.75, 3.05) is 0 Å². The van der Waals surface area contributed by atoms with Gasteiger partial charge in [0.15, 0.2) is 0 Å². The first-order chi connectivity index (χ1) is 17.9. The Hall–Kier alpha value is -4.96. The normalized spacial score (nSPS) is 11.3. The van der Waals surface area contributed by atoms with Crippen LogP contribution >= 0.6 is 0 Å². The quantitative estimate of drug-likeness (QED) is 0.269. The van der Waals surface area contributed by atoms with Gasteiger partial charge in [-0.05, 0) is 42.5 Å². The van der Waals surface area contributed by atoms with E-state index in [1.807, 2.05) is 41.3 Å². The van der Waals surface area contributed by atoms with E-state index in [1.54, 1.807) is 0 Å². The minimum absolute atomic E-state index is 0.952. The van der Waals surface area contributed by atoms with E-state index in [-0.39, 0.29) is 0 Å². The molecule has 0 saturated carbocycles. The van der Waals surface area contributed by atoms with Crippen molar-refractivity contribution in [3.05, 3.63) is 134 Å². The first-order valence-electron chi connectivity index (χ1n) is 12.0. The van der Waals surface area contributed by atoms with Gasteiger partial charge in [-0.2, -0.15) is 5.10 Å². The summed E-state index contributed by atoms with van der Waals surface area (Å²) in [5, 5.41) is 7.38. The second-order valence-corrected chi connectivity index (χ2v) is 8.82. The van der Waals surface area contributed by atoms with Crippen molar-refractivity contribution in [2.45, 2.75) is 0 Å². The van der Waals surface area contributed by atoms with Gasteiger partial charge in [-0.1, -0.05) is 78.9 Å². The van der Waals surface area contributed by atoms with Crippen LogP contribution in [0.15, 0.2) is 134 Å². The predicted octanol–water partition coefficient (Wildman–Crippen LogP) is 7.70. The van der Waals surface area contributed by atoms with E-state index >= 15 is 0 Å². The lowest BCUT2D eigenvalue weighted by molar-refractivity contribution is 0.891. The maximum Gasteiger partial charge on any atom is 0.0934 e. The summed E-state index contributed by atoms with van der Waals surface area (Å²) < 4.78 is 4.34. The van der Waals surface area contributed by atoms with Crippen LogP contribution in [0.4, 0.5) is 0 Å². The number of benzene rings is 4. The lowest BCUT2D eigenvalue weighted by Crippen LogP contribution is -2.00. The molecule has 0 saturated heterocycles. The van der Waals surface area contributed by atoms with Gasteiger partial charge in [0.2, 0.25) is 0 Å². The van der Waals surface area contributed by atoms with Crippen molar-refractivity contribution in [2.24, 2.45) is 0 Å². The summed E-state index contributed by atoms with van der Waals surface area (Å²) in [5.74, 6) is 0. The van der Waals surface area contributed by atoms with Crippen molar-refractivity contribution < 1.29 is 0 Å². The Morgan fingerprint density at radius 1 is 0.528 bits per heavy atom. The third kappa shape index (κ3) is 3.31. The highest BCUT2D eigenvalue weighted by Crippen LogP contribution is 2.33. The van der Waals surface area contributed by atoms with E-state index in [2.05, 4.69) is 107 Å². The fourth-order valence-corrected chi connectivity index (χ4v) is 4.98. The summed E-state index contributed by atoms with van der Waals surface area (Å²) in [5.41, 5.74) is 8.68. The van der Waals surface area contributed by atoms with Gasteiger partial charge >= 0.3 is 0 Å². The highest BCUT2D eigenvalue weighted by atomic mass is 15.3. The Morgan fingerprint density at radius 2 is 1.17 bits per heavy atom. The average molecular weight is 463 g/mol. The van der Waals surface area contributed by atoms with Crippen LogP contribution in [-0.4, -0.2) is 19.3 Å². The van der Waals surface area contributed by atoms with Crippen LogP contribution in [0.2, 0.25) is 0 Å². The number of para-hydroxylation sites is 1. The smallest absolute Gasteiger partial charge is 0.0934 e. The zero-order valence-electron chi connectivity index (χ0n) is 19.5. The molecule has 3 aromatic heterocycles. The van der Waals surface area contributed by atoms with E-state index in [1.165, 1.54) is 10.9 Å². The van der Waals surface area contributed by atoms with E-state index in [0.717, 1.165) is 44.8 Å². The number of fused-ring (bicyclic) bond motifs is 3. The molecular formula is C32H22N4. The molecule has 0 aliphatic heterocycles. The standard InChI is InChI=1S/C32H22N4/c1-3-9-23(10-4-1)29-21-32(24-11-5-2-6-12-24)36(34-29)26-17-15-25(16-18-26)35-30-14-8-7-13-27(30)28-22-33-20-19-31(28)35/h1-22H. The zero-order chi connectivity index (χ0) is 23.9. The molecule has 0 aliphatic rings. The molecule has 4 nitrogen and oxygen atoms in total. The molecule has 170 valence electrons.